The number of hydrogen-bond donors (Lipinski definition) is 2. The van der Waals surface area contributed by atoms with E-state index < -0.39 is 23.8 Å². The number of aryl methyl sites for hydroxylation is 2. The Bertz CT molecular complexity index is 796. The standard InChI is InChI=1S/C26H43N3O4/c1-10-12-13-27-23(30)22(21-15-17(3)14-18(4)16-21)29(19(5)11-2)24(31)20(6)28-25(32)33-26(7,8)9/h14-16,19-20,22H,10-13H2,1-9H3,(H,27,30)(H,28,32). The van der Waals surface area contributed by atoms with E-state index in [1.807, 2.05) is 45.9 Å². The molecule has 0 heterocycles. The highest BCUT2D eigenvalue weighted by molar-refractivity contribution is 5.92. The van der Waals surface area contributed by atoms with Crippen molar-refractivity contribution in [1.29, 1.82) is 0 Å². The second-order valence-electron chi connectivity index (χ2n) is 9.84. The molecule has 0 aliphatic rings. The fraction of sp³-hybridized carbons (Fsp3) is 0.654. The van der Waals surface area contributed by atoms with Gasteiger partial charge < -0.3 is 20.3 Å². The summed E-state index contributed by atoms with van der Waals surface area (Å²) in [6, 6.07) is 4.06. The van der Waals surface area contributed by atoms with Crippen LogP contribution in [0.2, 0.25) is 0 Å². The quantitative estimate of drug-likeness (QED) is 0.490. The van der Waals surface area contributed by atoms with Gasteiger partial charge in [0.05, 0.1) is 0 Å². The second kappa shape index (κ2) is 12.6. The van der Waals surface area contributed by atoms with Crippen molar-refractivity contribution < 1.29 is 19.1 Å². The molecule has 3 unspecified atom stereocenters. The molecule has 7 heteroatoms. The van der Waals surface area contributed by atoms with Crippen LogP contribution in [0.5, 0.6) is 0 Å². The molecule has 0 spiro atoms. The number of amides is 3. The average Bonchev–Trinajstić information content (AvgIpc) is 2.68. The number of alkyl carbamates (subject to hydrolysis) is 1. The molecule has 3 atom stereocenters. The number of unbranched alkanes of at least 4 members (excludes halogenated alkanes) is 1. The summed E-state index contributed by atoms with van der Waals surface area (Å²) in [5.41, 5.74) is 2.13. The van der Waals surface area contributed by atoms with Crippen LogP contribution in [0.25, 0.3) is 0 Å². The van der Waals surface area contributed by atoms with Crippen molar-refractivity contribution in [2.45, 2.75) is 105 Å². The maximum Gasteiger partial charge on any atom is 0.408 e. The molecule has 1 aromatic carbocycles. The molecular formula is C26H43N3O4. The van der Waals surface area contributed by atoms with Crippen LogP contribution < -0.4 is 10.6 Å². The minimum Gasteiger partial charge on any atom is -0.444 e. The molecule has 1 aromatic rings. The third-order valence-electron chi connectivity index (χ3n) is 5.34. The predicted molar refractivity (Wildman–Crippen MR) is 132 cm³/mol. The zero-order valence-electron chi connectivity index (χ0n) is 21.9. The molecule has 0 aliphatic carbocycles. The van der Waals surface area contributed by atoms with Gasteiger partial charge in [0.2, 0.25) is 11.8 Å². The molecule has 0 radical (unpaired) electrons. The summed E-state index contributed by atoms with van der Waals surface area (Å²) < 4.78 is 5.31. The van der Waals surface area contributed by atoms with Crippen LogP contribution in [-0.2, 0) is 14.3 Å². The lowest BCUT2D eigenvalue weighted by atomic mass is 9.97. The van der Waals surface area contributed by atoms with Crippen molar-refractivity contribution in [2.75, 3.05) is 6.54 Å². The van der Waals surface area contributed by atoms with Gasteiger partial charge in [0, 0.05) is 12.6 Å². The number of nitrogens with zero attached hydrogens (tertiary/aromatic N) is 1. The Balaban J connectivity index is 3.37. The lowest BCUT2D eigenvalue weighted by Gasteiger charge is -2.37. The van der Waals surface area contributed by atoms with Crippen LogP contribution in [0.3, 0.4) is 0 Å². The second-order valence-corrected chi connectivity index (χ2v) is 9.84. The summed E-state index contributed by atoms with van der Waals surface area (Å²) >= 11 is 0. The van der Waals surface area contributed by atoms with E-state index in [9.17, 15) is 14.4 Å². The van der Waals surface area contributed by atoms with Crippen LogP contribution in [0.4, 0.5) is 4.79 Å². The summed E-state index contributed by atoms with van der Waals surface area (Å²) in [7, 11) is 0. The summed E-state index contributed by atoms with van der Waals surface area (Å²) in [6.07, 6.45) is 1.82. The van der Waals surface area contributed by atoms with E-state index in [2.05, 4.69) is 17.6 Å². The number of carbonyl (C=O) groups excluding carboxylic acids is 3. The molecule has 0 aromatic heterocycles. The molecule has 186 valence electrons. The van der Waals surface area contributed by atoms with Gasteiger partial charge in [-0.25, -0.2) is 4.79 Å². The van der Waals surface area contributed by atoms with Crippen molar-refractivity contribution in [3.05, 3.63) is 34.9 Å². The zero-order valence-corrected chi connectivity index (χ0v) is 21.9. The third kappa shape index (κ3) is 9.06. The van der Waals surface area contributed by atoms with Crippen LogP contribution in [0.15, 0.2) is 18.2 Å². The molecule has 0 aliphatic heterocycles. The molecular weight excluding hydrogens is 418 g/mol. The first-order valence-corrected chi connectivity index (χ1v) is 12.0. The Morgan fingerprint density at radius 1 is 1.03 bits per heavy atom. The molecule has 0 bridgehead atoms. The van der Waals surface area contributed by atoms with E-state index in [0.29, 0.717) is 13.0 Å². The first-order chi connectivity index (χ1) is 15.3. The number of rotatable bonds is 10. The Morgan fingerprint density at radius 3 is 2.09 bits per heavy atom. The van der Waals surface area contributed by atoms with E-state index in [1.165, 1.54) is 0 Å². The molecule has 33 heavy (non-hydrogen) atoms. The maximum atomic E-state index is 13.6. The lowest BCUT2D eigenvalue weighted by Crippen LogP contribution is -2.54. The van der Waals surface area contributed by atoms with E-state index in [4.69, 9.17) is 4.74 Å². The van der Waals surface area contributed by atoms with E-state index in [0.717, 1.165) is 29.5 Å². The monoisotopic (exact) mass is 461 g/mol. The Kier molecular flexibility index (Phi) is 10.9. The van der Waals surface area contributed by atoms with Gasteiger partial charge in [-0.2, -0.15) is 0 Å². The molecule has 0 fully saturated rings. The summed E-state index contributed by atoms with van der Waals surface area (Å²) in [6.45, 7) is 17.4. The van der Waals surface area contributed by atoms with Gasteiger partial charge in [0.25, 0.3) is 0 Å². The topological polar surface area (TPSA) is 87.7 Å². The van der Waals surface area contributed by atoms with E-state index in [1.54, 1.807) is 32.6 Å². The fourth-order valence-corrected chi connectivity index (χ4v) is 3.66. The fourth-order valence-electron chi connectivity index (χ4n) is 3.66. The van der Waals surface area contributed by atoms with Crippen molar-refractivity contribution in [1.82, 2.24) is 15.5 Å². The highest BCUT2D eigenvalue weighted by atomic mass is 16.6. The van der Waals surface area contributed by atoms with Gasteiger partial charge >= 0.3 is 6.09 Å². The molecule has 0 saturated carbocycles. The van der Waals surface area contributed by atoms with E-state index in [-0.39, 0.29) is 17.9 Å². The SMILES string of the molecule is CCCCNC(=O)C(c1cc(C)cc(C)c1)N(C(=O)C(C)NC(=O)OC(C)(C)C)C(C)CC. The number of ether oxygens (including phenoxy) is 1. The molecule has 2 N–H and O–H groups in total. The predicted octanol–water partition coefficient (Wildman–Crippen LogP) is 4.80. The summed E-state index contributed by atoms with van der Waals surface area (Å²) in [5, 5.41) is 5.63. The first kappa shape index (κ1) is 28.5. The third-order valence-corrected chi connectivity index (χ3v) is 5.34. The van der Waals surface area contributed by atoms with Gasteiger partial charge in [0.15, 0.2) is 0 Å². The minimum atomic E-state index is -0.856. The van der Waals surface area contributed by atoms with Crippen molar-refractivity contribution in [3.63, 3.8) is 0 Å². The van der Waals surface area contributed by atoms with Gasteiger partial charge in [-0.1, -0.05) is 49.6 Å². The molecule has 7 nitrogen and oxygen atoms in total. The Morgan fingerprint density at radius 2 is 1.61 bits per heavy atom. The highest BCUT2D eigenvalue weighted by Gasteiger charge is 2.37. The number of nitrogens with one attached hydrogen (secondary N) is 2. The largest absolute Gasteiger partial charge is 0.444 e. The maximum absolute atomic E-state index is 13.6. The highest BCUT2D eigenvalue weighted by Crippen LogP contribution is 2.28. The first-order valence-electron chi connectivity index (χ1n) is 12.0. The molecule has 1 rings (SSSR count). The van der Waals surface area contributed by atoms with Crippen LogP contribution >= 0.6 is 0 Å². The van der Waals surface area contributed by atoms with Crippen molar-refractivity contribution in [3.8, 4) is 0 Å². The van der Waals surface area contributed by atoms with Gasteiger partial charge in [0.1, 0.15) is 17.7 Å². The number of carbonyl (C=O) groups is 3. The van der Waals surface area contributed by atoms with Crippen molar-refractivity contribution in [2.24, 2.45) is 0 Å². The molecule has 0 saturated heterocycles. The van der Waals surface area contributed by atoms with Crippen molar-refractivity contribution >= 4 is 17.9 Å². The smallest absolute Gasteiger partial charge is 0.408 e. The summed E-state index contributed by atoms with van der Waals surface area (Å²) in [4.78, 5) is 41.0. The van der Waals surface area contributed by atoms with Gasteiger partial charge in [-0.15, -0.1) is 0 Å². The molecule has 3 amide bonds. The number of benzene rings is 1. The van der Waals surface area contributed by atoms with Crippen LogP contribution in [-0.4, -0.2) is 47.0 Å². The zero-order chi connectivity index (χ0) is 25.3. The van der Waals surface area contributed by atoms with Gasteiger partial charge in [-0.05, 0) is 66.9 Å². The van der Waals surface area contributed by atoms with E-state index >= 15 is 0 Å². The van der Waals surface area contributed by atoms with Crippen LogP contribution in [0.1, 0.15) is 90.5 Å². The van der Waals surface area contributed by atoms with Crippen LogP contribution in [0, 0.1) is 13.8 Å². The minimum absolute atomic E-state index is 0.216. The summed E-state index contributed by atoms with van der Waals surface area (Å²) in [5.74, 6) is -0.545. The van der Waals surface area contributed by atoms with Gasteiger partial charge in [-0.3, -0.25) is 9.59 Å². The average molecular weight is 462 g/mol. The Labute approximate surface area is 199 Å². The normalized spacial score (nSPS) is 14.1. The number of hydrogen-bond acceptors (Lipinski definition) is 4. The Hall–Kier alpha value is -2.57. The lowest BCUT2D eigenvalue weighted by molar-refractivity contribution is -0.144.